The van der Waals surface area contributed by atoms with E-state index < -0.39 is 35.8 Å². The number of hydrogen-bond donors (Lipinski definition) is 2. The maximum absolute atomic E-state index is 12.9. The Bertz CT molecular complexity index is 2740. The molecule has 6 aromatic rings. The first-order valence-electron chi connectivity index (χ1n) is 25.4. The maximum Gasteiger partial charge on any atom is 0.343 e. The van der Waals surface area contributed by atoms with E-state index >= 15 is 0 Å². The molecule has 0 spiro atoms. The molecule has 6 rings (SSSR count). The van der Waals surface area contributed by atoms with Gasteiger partial charge >= 0.3 is 35.8 Å². The van der Waals surface area contributed by atoms with Crippen LogP contribution in [-0.4, -0.2) is 114 Å². The number of carbonyl (C=O) groups excluding carboxylic acids is 8. The SMILES string of the molecule is O=C(CCC(=O)OCCOCCOCCOCCOC(=O)CCC(=O)NCCc1ccc(OC(=O)c2ccccc2)c(OC(=O)c2ccccc2)c1)NCCc1ccc(OC(=O)c2ccccc2)c(OC(=O)c2ccccc2)c1. The molecular formula is C60H60N2O17. The van der Waals surface area contributed by atoms with Gasteiger partial charge in [-0.05, 0) is 96.8 Å². The lowest BCUT2D eigenvalue weighted by atomic mass is 10.1. The van der Waals surface area contributed by atoms with Crippen LogP contribution < -0.4 is 29.6 Å². The molecular weight excluding hydrogens is 1020 g/mol. The summed E-state index contributed by atoms with van der Waals surface area (Å²) in [7, 11) is 0. The number of carbonyl (C=O) groups is 8. The number of benzene rings is 6. The highest BCUT2D eigenvalue weighted by molar-refractivity contribution is 5.94. The summed E-state index contributed by atoms with van der Waals surface area (Å²) in [5, 5.41) is 5.51. The Morgan fingerprint density at radius 1 is 0.316 bits per heavy atom. The third kappa shape index (κ3) is 21.8. The monoisotopic (exact) mass is 1080 g/mol. The lowest BCUT2D eigenvalue weighted by Crippen LogP contribution is -2.26. The van der Waals surface area contributed by atoms with Gasteiger partial charge in [0, 0.05) is 25.9 Å². The number of rotatable bonds is 32. The summed E-state index contributed by atoms with van der Waals surface area (Å²) in [4.78, 5) is 101. The summed E-state index contributed by atoms with van der Waals surface area (Å²) in [6, 6.07) is 43.0. The molecule has 2 N–H and O–H groups in total. The zero-order chi connectivity index (χ0) is 55.9. The first-order valence-corrected chi connectivity index (χ1v) is 25.4. The molecule has 0 aliphatic carbocycles. The fourth-order valence-electron chi connectivity index (χ4n) is 7.09. The quantitative estimate of drug-likeness (QED) is 0.0239. The van der Waals surface area contributed by atoms with E-state index in [9.17, 15) is 38.4 Å². The number of esters is 6. The van der Waals surface area contributed by atoms with Gasteiger partial charge in [-0.3, -0.25) is 19.2 Å². The van der Waals surface area contributed by atoms with Crippen molar-refractivity contribution in [2.24, 2.45) is 0 Å². The highest BCUT2D eigenvalue weighted by atomic mass is 16.6. The van der Waals surface area contributed by atoms with Gasteiger partial charge in [-0.2, -0.15) is 0 Å². The summed E-state index contributed by atoms with van der Waals surface area (Å²) < 4.78 is 49.0. The molecule has 19 nitrogen and oxygen atoms in total. The molecule has 0 saturated carbocycles. The first-order chi connectivity index (χ1) is 38.5. The molecule has 6 aromatic carbocycles. The van der Waals surface area contributed by atoms with Crippen molar-refractivity contribution in [3.05, 3.63) is 191 Å². The van der Waals surface area contributed by atoms with E-state index in [2.05, 4.69) is 10.6 Å². The standard InChI is InChI=1S/C60H60N2O17/c63-53(61-31-29-43-21-23-49(76-57(67)45-13-5-1-6-14-45)51(41-43)78-59(69)47-17-9-3-10-18-47)25-27-55(65)74-39-37-72-35-33-71-34-36-73-38-40-75-56(66)28-26-54(64)62-32-30-44-22-24-50(77-58(68)46-15-7-2-8-16-46)52(42-44)79-60(70)48-19-11-4-12-20-48/h1-24,41-42H,25-40H2,(H,61,63)(H,62,64). The second kappa shape index (κ2) is 33.2. The van der Waals surface area contributed by atoms with Crippen LogP contribution in [0.5, 0.6) is 23.0 Å². The van der Waals surface area contributed by atoms with Crippen LogP contribution in [0.4, 0.5) is 0 Å². The van der Waals surface area contributed by atoms with Crippen molar-refractivity contribution >= 4 is 47.6 Å². The normalized spacial score (nSPS) is 10.6. The topological polar surface area (TPSA) is 244 Å². The molecule has 0 heterocycles. The molecule has 0 aromatic heterocycles. The minimum atomic E-state index is -0.640. The van der Waals surface area contributed by atoms with Gasteiger partial charge in [-0.1, -0.05) is 84.9 Å². The molecule has 0 radical (unpaired) electrons. The highest BCUT2D eigenvalue weighted by Gasteiger charge is 2.20. The van der Waals surface area contributed by atoms with E-state index in [4.69, 9.17) is 42.6 Å². The van der Waals surface area contributed by atoms with Gasteiger partial charge in [0.1, 0.15) is 13.2 Å². The first kappa shape index (κ1) is 59.2. The van der Waals surface area contributed by atoms with Crippen molar-refractivity contribution in [2.75, 3.05) is 65.9 Å². The molecule has 0 bridgehead atoms. The molecule has 0 fully saturated rings. The number of hydrogen-bond acceptors (Lipinski definition) is 17. The Balaban J connectivity index is 0.749. The van der Waals surface area contributed by atoms with Crippen molar-refractivity contribution in [3.63, 3.8) is 0 Å². The van der Waals surface area contributed by atoms with E-state index in [1.165, 1.54) is 12.1 Å². The van der Waals surface area contributed by atoms with Crippen LogP contribution in [0.25, 0.3) is 0 Å². The van der Waals surface area contributed by atoms with Crippen molar-refractivity contribution in [3.8, 4) is 23.0 Å². The zero-order valence-corrected chi connectivity index (χ0v) is 43.3. The molecule has 0 aliphatic heterocycles. The van der Waals surface area contributed by atoms with Crippen LogP contribution in [0.1, 0.15) is 78.2 Å². The maximum atomic E-state index is 12.9. The summed E-state index contributed by atoms with van der Waals surface area (Å²) >= 11 is 0. The van der Waals surface area contributed by atoms with Gasteiger partial charge in [0.2, 0.25) is 11.8 Å². The second-order valence-corrected chi connectivity index (χ2v) is 17.1. The number of amides is 2. The van der Waals surface area contributed by atoms with Gasteiger partial charge in [-0.15, -0.1) is 0 Å². The van der Waals surface area contributed by atoms with Crippen molar-refractivity contribution in [2.45, 2.75) is 38.5 Å². The molecule has 0 atom stereocenters. The Kier molecular flexibility index (Phi) is 24.9. The van der Waals surface area contributed by atoms with E-state index in [0.717, 1.165) is 0 Å². The van der Waals surface area contributed by atoms with Crippen LogP contribution in [0.2, 0.25) is 0 Å². The minimum Gasteiger partial charge on any atom is -0.463 e. The Morgan fingerprint density at radius 2 is 0.608 bits per heavy atom. The molecule has 0 aliphatic rings. The minimum absolute atomic E-state index is 0.00780. The van der Waals surface area contributed by atoms with Crippen LogP contribution in [-0.2, 0) is 55.7 Å². The van der Waals surface area contributed by atoms with E-state index in [-0.39, 0.29) is 126 Å². The lowest BCUT2D eigenvalue weighted by molar-refractivity contribution is -0.146. The predicted molar refractivity (Wildman–Crippen MR) is 285 cm³/mol. The van der Waals surface area contributed by atoms with Gasteiger partial charge in [0.15, 0.2) is 23.0 Å². The predicted octanol–water partition coefficient (Wildman–Crippen LogP) is 7.28. The fourth-order valence-corrected chi connectivity index (χ4v) is 7.09. The van der Waals surface area contributed by atoms with Gasteiger partial charge < -0.3 is 53.3 Å². The summed E-state index contributed by atoms with van der Waals surface area (Å²) in [5.74, 6) is -4.21. The molecule has 0 unspecified atom stereocenters. The largest absolute Gasteiger partial charge is 0.463 e. The van der Waals surface area contributed by atoms with Crippen LogP contribution in [0.3, 0.4) is 0 Å². The van der Waals surface area contributed by atoms with Gasteiger partial charge in [0.05, 0.1) is 74.7 Å². The van der Waals surface area contributed by atoms with Crippen LogP contribution in [0, 0.1) is 0 Å². The molecule has 79 heavy (non-hydrogen) atoms. The number of nitrogens with one attached hydrogen (secondary N) is 2. The third-order valence-electron chi connectivity index (χ3n) is 11.2. The van der Waals surface area contributed by atoms with Crippen molar-refractivity contribution in [1.29, 1.82) is 0 Å². The van der Waals surface area contributed by atoms with Crippen molar-refractivity contribution in [1.82, 2.24) is 10.6 Å². The molecule has 2 amide bonds. The Morgan fingerprint density at radius 3 is 0.924 bits per heavy atom. The molecule has 412 valence electrons. The van der Waals surface area contributed by atoms with E-state index in [0.29, 0.717) is 46.2 Å². The smallest absolute Gasteiger partial charge is 0.343 e. The summed E-state index contributed by atoms with van der Waals surface area (Å²) in [6.07, 6.45) is 0.245. The Labute approximate surface area is 456 Å². The lowest BCUT2D eigenvalue weighted by Gasteiger charge is -2.13. The average Bonchev–Trinajstić information content (AvgIpc) is 3.48. The average molecular weight is 1080 g/mol. The van der Waals surface area contributed by atoms with Gasteiger partial charge in [-0.25, -0.2) is 19.2 Å². The van der Waals surface area contributed by atoms with E-state index in [1.807, 2.05) is 0 Å². The second-order valence-electron chi connectivity index (χ2n) is 17.1. The van der Waals surface area contributed by atoms with Crippen molar-refractivity contribution < 1.29 is 81.0 Å². The molecule has 19 heteroatoms. The summed E-state index contributed by atoms with van der Waals surface area (Å²) in [5.41, 5.74) is 2.63. The fraction of sp³-hybridized carbons (Fsp3) is 0.267. The summed E-state index contributed by atoms with van der Waals surface area (Å²) in [6.45, 7) is 1.65. The van der Waals surface area contributed by atoms with Crippen LogP contribution in [0.15, 0.2) is 158 Å². The van der Waals surface area contributed by atoms with Crippen LogP contribution >= 0.6 is 0 Å². The number of ether oxygens (including phenoxy) is 9. The highest BCUT2D eigenvalue weighted by Crippen LogP contribution is 2.32. The van der Waals surface area contributed by atoms with E-state index in [1.54, 1.807) is 146 Å². The van der Waals surface area contributed by atoms with Gasteiger partial charge in [0.25, 0.3) is 0 Å². The Hall–Kier alpha value is -9.04. The molecule has 0 saturated heterocycles. The third-order valence-corrected chi connectivity index (χ3v) is 11.2. The zero-order valence-electron chi connectivity index (χ0n) is 43.3.